The Morgan fingerprint density at radius 2 is 2.06 bits per heavy atom. The topological polar surface area (TPSA) is 32.3 Å². The van der Waals surface area contributed by atoms with E-state index >= 15 is 0 Å². The standard InChI is InChI=1S/C10H15F3N2O/c1-3-7-8(16)15(6(2)14-7)9(4-5-9)10(11,12)13/h6-7,14H,3-5H2,1-2H3. The van der Waals surface area contributed by atoms with Crippen molar-refractivity contribution in [3.05, 3.63) is 0 Å². The molecule has 0 spiro atoms. The van der Waals surface area contributed by atoms with Crippen molar-refractivity contribution >= 4 is 5.91 Å². The summed E-state index contributed by atoms with van der Waals surface area (Å²) in [5.41, 5.74) is -1.89. The summed E-state index contributed by atoms with van der Waals surface area (Å²) in [7, 11) is 0. The summed E-state index contributed by atoms with van der Waals surface area (Å²) >= 11 is 0. The van der Waals surface area contributed by atoms with Crippen molar-refractivity contribution in [3.63, 3.8) is 0 Å². The number of nitrogens with zero attached hydrogens (tertiary/aromatic N) is 1. The van der Waals surface area contributed by atoms with Crippen molar-refractivity contribution in [2.45, 2.75) is 57.0 Å². The number of carbonyl (C=O) groups excluding carboxylic acids is 1. The molecule has 16 heavy (non-hydrogen) atoms. The Hall–Kier alpha value is -0.780. The highest BCUT2D eigenvalue weighted by Crippen LogP contribution is 2.55. The van der Waals surface area contributed by atoms with E-state index in [0.29, 0.717) is 6.42 Å². The van der Waals surface area contributed by atoms with Crippen molar-refractivity contribution in [1.29, 1.82) is 0 Å². The smallest absolute Gasteiger partial charge is 0.311 e. The van der Waals surface area contributed by atoms with Gasteiger partial charge in [0.1, 0.15) is 5.54 Å². The van der Waals surface area contributed by atoms with Crippen LogP contribution in [0, 0.1) is 0 Å². The first-order valence-electron chi connectivity index (χ1n) is 5.49. The van der Waals surface area contributed by atoms with Crippen LogP contribution in [-0.2, 0) is 4.79 Å². The number of hydrogen-bond acceptors (Lipinski definition) is 2. The Morgan fingerprint density at radius 3 is 2.38 bits per heavy atom. The van der Waals surface area contributed by atoms with Gasteiger partial charge in [0.25, 0.3) is 0 Å². The van der Waals surface area contributed by atoms with Crippen LogP contribution < -0.4 is 5.32 Å². The third-order valence-electron chi connectivity index (χ3n) is 3.49. The van der Waals surface area contributed by atoms with Gasteiger partial charge in [-0.3, -0.25) is 10.1 Å². The zero-order chi connectivity index (χ0) is 12.1. The van der Waals surface area contributed by atoms with Crippen LogP contribution in [0.2, 0.25) is 0 Å². The van der Waals surface area contributed by atoms with Crippen LogP contribution in [0.3, 0.4) is 0 Å². The van der Waals surface area contributed by atoms with Gasteiger partial charge in [-0.15, -0.1) is 0 Å². The predicted octanol–water partition coefficient (Wildman–Crippen LogP) is 1.64. The van der Waals surface area contributed by atoms with Gasteiger partial charge in [0.2, 0.25) is 5.91 Å². The Kier molecular flexibility index (Phi) is 2.45. The van der Waals surface area contributed by atoms with Crippen molar-refractivity contribution in [1.82, 2.24) is 10.2 Å². The summed E-state index contributed by atoms with van der Waals surface area (Å²) < 4.78 is 38.7. The first-order chi connectivity index (χ1) is 7.33. The molecule has 1 aliphatic carbocycles. The molecule has 0 aromatic carbocycles. The van der Waals surface area contributed by atoms with E-state index in [4.69, 9.17) is 0 Å². The molecule has 0 aromatic heterocycles. The number of nitrogens with one attached hydrogen (secondary N) is 1. The molecule has 1 N–H and O–H groups in total. The molecule has 0 bridgehead atoms. The maximum Gasteiger partial charge on any atom is 0.411 e. The molecule has 3 nitrogen and oxygen atoms in total. The van der Waals surface area contributed by atoms with Gasteiger partial charge in [0.05, 0.1) is 12.2 Å². The van der Waals surface area contributed by atoms with E-state index in [1.54, 1.807) is 13.8 Å². The lowest BCUT2D eigenvalue weighted by atomic mass is 10.1. The number of alkyl halides is 3. The number of halogens is 3. The molecule has 0 aromatic rings. The number of hydrogen-bond donors (Lipinski definition) is 1. The fraction of sp³-hybridized carbons (Fsp3) is 0.900. The highest BCUT2D eigenvalue weighted by atomic mass is 19.4. The second kappa shape index (κ2) is 3.35. The van der Waals surface area contributed by atoms with Crippen LogP contribution in [0.1, 0.15) is 33.1 Å². The Balaban J connectivity index is 2.25. The molecule has 0 radical (unpaired) electrons. The van der Waals surface area contributed by atoms with E-state index in [2.05, 4.69) is 5.32 Å². The normalized spacial score (nSPS) is 33.3. The van der Waals surface area contributed by atoms with Crippen molar-refractivity contribution in [2.24, 2.45) is 0 Å². The van der Waals surface area contributed by atoms with Gasteiger partial charge in [0.15, 0.2) is 0 Å². The number of amides is 1. The average molecular weight is 236 g/mol. The van der Waals surface area contributed by atoms with Gasteiger partial charge in [-0.05, 0) is 26.2 Å². The molecule has 1 heterocycles. The maximum absolute atomic E-state index is 12.9. The van der Waals surface area contributed by atoms with E-state index in [1.807, 2.05) is 0 Å². The Labute approximate surface area is 92.0 Å². The molecule has 1 saturated carbocycles. The van der Waals surface area contributed by atoms with Crippen LogP contribution in [0.5, 0.6) is 0 Å². The van der Waals surface area contributed by atoms with Crippen LogP contribution in [0.25, 0.3) is 0 Å². The predicted molar refractivity (Wildman–Crippen MR) is 51.5 cm³/mol. The van der Waals surface area contributed by atoms with Gasteiger partial charge in [0, 0.05) is 0 Å². The lowest BCUT2D eigenvalue weighted by molar-refractivity contribution is -0.201. The van der Waals surface area contributed by atoms with Crippen molar-refractivity contribution in [3.8, 4) is 0 Å². The van der Waals surface area contributed by atoms with Crippen LogP contribution in [-0.4, -0.2) is 34.7 Å². The fourth-order valence-corrected chi connectivity index (χ4v) is 2.45. The third kappa shape index (κ3) is 1.43. The molecule has 2 rings (SSSR count). The van der Waals surface area contributed by atoms with E-state index in [1.165, 1.54) is 0 Å². The largest absolute Gasteiger partial charge is 0.411 e. The minimum atomic E-state index is -4.32. The Bertz CT molecular complexity index is 312. The zero-order valence-corrected chi connectivity index (χ0v) is 9.27. The summed E-state index contributed by atoms with van der Waals surface area (Å²) in [6, 6.07) is -0.463. The third-order valence-corrected chi connectivity index (χ3v) is 3.49. The first-order valence-corrected chi connectivity index (χ1v) is 5.49. The summed E-state index contributed by atoms with van der Waals surface area (Å²) in [6.45, 7) is 3.40. The molecule has 1 aliphatic heterocycles. The SMILES string of the molecule is CCC1NC(C)N(C2(C(F)(F)F)CC2)C1=O. The van der Waals surface area contributed by atoms with Crippen LogP contribution >= 0.6 is 0 Å². The molecule has 1 saturated heterocycles. The lowest BCUT2D eigenvalue weighted by Crippen LogP contribution is -2.53. The molecule has 2 aliphatic rings. The second-order valence-electron chi connectivity index (χ2n) is 4.54. The van der Waals surface area contributed by atoms with Crippen molar-refractivity contribution < 1.29 is 18.0 Å². The molecule has 2 atom stereocenters. The van der Waals surface area contributed by atoms with E-state index in [0.717, 1.165) is 4.90 Å². The van der Waals surface area contributed by atoms with Gasteiger partial charge < -0.3 is 4.90 Å². The molecule has 6 heteroatoms. The highest BCUT2D eigenvalue weighted by molar-refractivity contribution is 5.85. The minimum Gasteiger partial charge on any atom is -0.311 e. The highest BCUT2D eigenvalue weighted by Gasteiger charge is 2.70. The van der Waals surface area contributed by atoms with E-state index < -0.39 is 29.8 Å². The quantitative estimate of drug-likeness (QED) is 0.790. The molecular formula is C10H15F3N2O. The number of carbonyl (C=O) groups is 1. The summed E-state index contributed by atoms with van der Waals surface area (Å²) in [4.78, 5) is 12.8. The molecule has 92 valence electrons. The Morgan fingerprint density at radius 1 is 1.50 bits per heavy atom. The van der Waals surface area contributed by atoms with Gasteiger partial charge >= 0.3 is 6.18 Å². The minimum absolute atomic E-state index is 0.0324. The molecule has 1 amide bonds. The first kappa shape index (κ1) is 11.7. The van der Waals surface area contributed by atoms with Gasteiger partial charge in [-0.2, -0.15) is 13.2 Å². The van der Waals surface area contributed by atoms with Crippen LogP contribution in [0.15, 0.2) is 0 Å². The number of rotatable bonds is 2. The second-order valence-corrected chi connectivity index (χ2v) is 4.54. The van der Waals surface area contributed by atoms with E-state index in [-0.39, 0.29) is 12.8 Å². The maximum atomic E-state index is 12.9. The lowest BCUT2D eigenvalue weighted by Gasteiger charge is -2.32. The zero-order valence-electron chi connectivity index (χ0n) is 9.27. The summed E-state index contributed by atoms with van der Waals surface area (Å²) in [5.74, 6) is -0.412. The summed E-state index contributed by atoms with van der Waals surface area (Å²) in [5, 5.41) is 2.90. The molecule has 2 fully saturated rings. The molecular weight excluding hydrogens is 221 g/mol. The average Bonchev–Trinajstić information content (AvgIpc) is 2.90. The van der Waals surface area contributed by atoms with Gasteiger partial charge in [-0.25, -0.2) is 0 Å². The van der Waals surface area contributed by atoms with E-state index in [9.17, 15) is 18.0 Å². The van der Waals surface area contributed by atoms with Crippen LogP contribution in [0.4, 0.5) is 13.2 Å². The summed E-state index contributed by atoms with van der Waals surface area (Å²) in [6.07, 6.45) is -4.26. The van der Waals surface area contributed by atoms with Crippen molar-refractivity contribution in [2.75, 3.05) is 0 Å². The fourth-order valence-electron chi connectivity index (χ4n) is 2.45. The monoisotopic (exact) mass is 236 g/mol. The molecule has 2 unspecified atom stereocenters. The van der Waals surface area contributed by atoms with Gasteiger partial charge in [-0.1, -0.05) is 6.92 Å².